The second-order valence-electron chi connectivity index (χ2n) is 7.60. The first kappa shape index (κ1) is 23.1. The topological polar surface area (TPSA) is 26.3 Å². The number of esters is 1. The lowest BCUT2D eigenvalue weighted by molar-refractivity contribution is -0.143. The quantitative estimate of drug-likeness (QED) is 0.172. The molecular formula is C28H32O2S. The van der Waals surface area contributed by atoms with E-state index in [2.05, 4.69) is 91.0 Å². The summed E-state index contributed by atoms with van der Waals surface area (Å²) >= 11 is 2.01. The molecule has 0 aliphatic heterocycles. The van der Waals surface area contributed by atoms with Crippen molar-refractivity contribution < 1.29 is 9.53 Å². The molecule has 0 heterocycles. The summed E-state index contributed by atoms with van der Waals surface area (Å²) in [5, 5.41) is 0. The van der Waals surface area contributed by atoms with Gasteiger partial charge in [-0.1, -0.05) is 104 Å². The van der Waals surface area contributed by atoms with E-state index in [0.717, 1.165) is 31.4 Å². The zero-order chi connectivity index (χ0) is 21.8. The van der Waals surface area contributed by atoms with E-state index >= 15 is 0 Å². The van der Waals surface area contributed by atoms with Gasteiger partial charge in [-0.15, -0.1) is 11.8 Å². The van der Waals surface area contributed by atoms with Crippen LogP contribution in [0.3, 0.4) is 0 Å². The van der Waals surface area contributed by atoms with E-state index in [4.69, 9.17) is 4.74 Å². The van der Waals surface area contributed by atoms with Gasteiger partial charge in [0.15, 0.2) is 0 Å². The summed E-state index contributed by atoms with van der Waals surface area (Å²) in [5.74, 6) is 0.978. The van der Waals surface area contributed by atoms with Gasteiger partial charge in [0.05, 0.1) is 11.4 Å². The SMILES string of the molecule is CCOC(=O)CCCCCCSC(c1ccccc1)(c1ccccc1)c1ccccc1. The number of thioether (sulfide) groups is 1. The first-order chi connectivity index (χ1) is 15.3. The van der Waals surface area contributed by atoms with Crippen molar-refractivity contribution in [3.63, 3.8) is 0 Å². The van der Waals surface area contributed by atoms with Gasteiger partial charge in [0.1, 0.15) is 0 Å². The number of hydrogen-bond donors (Lipinski definition) is 0. The van der Waals surface area contributed by atoms with Crippen LogP contribution in [-0.2, 0) is 14.3 Å². The van der Waals surface area contributed by atoms with Gasteiger partial charge < -0.3 is 4.74 Å². The number of unbranched alkanes of at least 4 members (excludes halogenated alkanes) is 3. The molecule has 31 heavy (non-hydrogen) atoms. The molecule has 0 saturated heterocycles. The predicted molar refractivity (Wildman–Crippen MR) is 131 cm³/mol. The smallest absolute Gasteiger partial charge is 0.305 e. The first-order valence-corrected chi connectivity index (χ1v) is 12.2. The monoisotopic (exact) mass is 432 g/mol. The molecule has 3 aromatic rings. The van der Waals surface area contributed by atoms with Crippen LogP contribution in [0.2, 0.25) is 0 Å². The lowest BCUT2D eigenvalue weighted by Gasteiger charge is -2.35. The van der Waals surface area contributed by atoms with E-state index in [-0.39, 0.29) is 10.7 Å². The molecule has 2 nitrogen and oxygen atoms in total. The summed E-state index contributed by atoms with van der Waals surface area (Å²) in [6.07, 6.45) is 4.75. The highest BCUT2D eigenvalue weighted by atomic mass is 32.2. The second kappa shape index (κ2) is 12.4. The van der Waals surface area contributed by atoms with Gasteiger partial charge in [-0.05, 0) is 42.2 Å². The van der Waals surface area contributed by atoms with Crippen LogP contribution in [0.5, 0.6) is 0 Å². The summed E-state index contributed by atoms with van der Waals surface area (Å²) in [4.78, 5) is 11.5. The molecule has 0 fully saturated rings. The highest BCUT2D eigenvalue weighted by Gasteiger charge is 2.36. The third-order valence-corrected chi connectivity index (χ3v) is 7.07. The number of rotatable bonds is 12. The first-order valence-electron chi connectivity index (χ1n) is 11.2. The fourth-order valence-electron chi connectivity index (χ4n) is 3.95. The van der Waals surface area contributed by atoms with E-state index in [1.54, 1.807) is 0 Å². The van der Waals surface area contributed by atoms with Crippen LogP contribution in [0.4, 0.5) is 0 Å². The summed E-state index contributed by atoms with van der Waals surface area (Å²) in [6.45, 7) is 2.32. The molecule has 3 aromatic carbocycles. The maximum Gasteiger partial charge on any atom is 0.305 e. The van der Waals surface area contributed by atoms with Crippen molar-refractivity contribution in [2.24, 2.45) is 0 Å². The molecule has 0 bridgehead atoms. The fraction of sp³-hybridized carbons (Fsp3) is 0.321. The standard InChI is InChI=1S/C28H32O2S/c1-2-30-27(29)22-14-3-4-15-23-31-28(24-16-8-5-9-17-24,25-18-10-6-11-19-25)26-20-12-7-13-21-26/h5-13,16-21H,2-4,14-15,22-23H2,1H3. The van der Waals surface area contributed by atoms with E-state index < -0.39 is 0 Å². The van der Waals surface area contributed by atoms with E-state index in [9.17, 15) is 4.79 Å². The minimum absolute atomic E-state index is 0.0758. The molecule has 0 N–H and O–H groups in total. The van der Waals surface area contributed by atoms with Crippen molar-refractivity contribution in [3.05, 3.63) is 108 Å². The van der Waals surface area contributed by atoms with Crippen molar-refractivity contribution in [2.45, 2.75) is 43.8 Å². The highest BCUT2D eigenvalue weighted by molar-refractivity contribution is 8.00. The summed E-state index contributed by atoms with van der Waals surface area (Å²) in [5.41, 5.74) is 3.92. The third kappa shape index (κ3) is 6.24. The van der Waals surface area contributed by atoms with Crippen molar-refractivity contribution in [1.82, 2.24) is 0 Å². The lowest BCUT2D eigenvalue weighted by Crippen LogP contribution is -2.26. The zero-order valence-corrected chi connectivity index (χ0v) is 19.2. The summed E-state index contributed by atoms with van der Waals surface area (Å²) < 4.78 is 4.78. The number of hydrogen-bond acceptors (Lipinski definition) is 3. The maximum absolute atomic E-state index is 11.5. The largest absolute Gasteiger partial charge is 0.466 e. The molecule has 0 aliphatic rings. The van der Waals surface area contributed by atoms with Crippen molar-refractivity contribution >= 4 is 17.7 Å². The maximum atomic E-state index is 11.5. The molecule has 0 saturated carbocycles. The Hall–Kier alpha value is -2.52. The van der Waals surface area contributed by atoms with Crippen molar-refractivity contribution in [3.8, 4) is 0 Å². The number of carbonyl (C=O) groups is 1. The average Bonchev–Trinajstić information content (AvgIpc) is 2.83. The highest BCUT2D eigenvalue weighted by Crippen LogP contribution is 2.48. The number of benzene rings is 3. The molecule has 162 valence electrons. The molecule has 0 radical (unpaired) electrons. The summed E-state index contributed by atoms with van der Waals surface area (Å²) in [7, 11) is 0. The van der Waals surface area contributed by atoms with Crippen LogP contribution in [0.1, 0.15) is 55.7 Å². The van der Waals surface area contributed by atoms with Crippen LogP contribution in [0, 0.1) is 0 Å². The normalized spacial score (nSPS) is 11.3. The Morgan fingerprint density at radius 3 is 1.61 bits per heavy atom. The molecule has 0 aliphatic carbocycles. The Morgan fingerprint density at radius 2 is 1.16 bits per heavy atom. The molecular weight excluding hydrogens is 400 g/mol. The summed E-state index contributed by atoms with van der Waals surface area (Å²) in [6, 6.07) is 32.5. The minimum Gasteiger partial charge on any atom is -0.466 e. The van der Waals surface area contributed by atoms with Crippen LogP contribution in [0.15, 0.2) is 91.0 Å². The van der Waals surface area contributed by atoms with Crippen LogP contribution in [-0.4, -0.2) is 18.3 Å². The predicted octanol–water partition coefficient (Wildman–Crippen LogP) is 7.23. The molecule has 0 unspecified atom stereocenters. The molecule has 3 heteroatoms. The second-order valence-corrected chi connectivity index (χ2v) is 8.91. The molecule has 0 spiro atoms. The lowest BCUT2D eigenvalue weighted by atomic mass is 9.84. The zero-order valence-electron chi connectivity index (χ0n) is 18.3. The third-order valence-electron chi connectivity index (χ3n) is 5.44. The van der Waals surface area contributed by atoms with Crippen molar-refractivity contribution in [1.29, 1.82) is 0 Å². The Labute approximate surface area is 191 Å². The van der Waals surface area contributed by atoms with Crippen molar-refractivity contribution in [2.75, 3.05) is 12.4 Å². The van der Waals surface area contributed by atoms with Gasteiger partial charge in [-0.25, -0.2) is 0 Å². The molecule has 0 amide bonds. The molecule has 0 aromatic heterocycles. The van der Waals surface area contributed by atoms with Gasteiger partial charge in [0, 0.05) is 6.42 Å². The van der Waals surface area contributed by atoms with Gasteiger partial charge in [-0.2, -0.15) is 0 Å². The average molecular weight is 433 g/mol. The van der Waals surface area contributed by atoms with Crippen LogP contribution < -0.4 is 0 Å². The fourth-order valence-corrected chi connectivity index (χ4v) is 5.51. The minimum atomic E-state index is -0.241. The Balaban J connectivity index is 1.75. The van der Waals surface area contributed by atoms with Gasteiger partial charge in [0.25, 0.3) is 0 Å². The van der Waals surface area contributed by atoms with E-state index in [1.165, 1.54) is 16.7 Å². The van der Waals surface area contributed by atoms with E-state index in [1.807, 2.05) is 18.7 Å². The Bertz CT molecular complexity index is 797. The molecule has 3 rings (SSSR count). The Kier molecular flexibility index (Phi) is 9.23. The number of carbonyl (C=O) groups excluding carboxylic acids is 1. The van der Waals surface area contributed by atoms with Gasteiger partial charge >= 0.3 is 5.97 Å². The van der Waals surface area contributed by atoms with E-state index in [0.29, 0.717) is 13.0 Å². The van der Waals surface area contributed by atoms with Crippen LogP contribution in [0.25, 0.3) is 0 Å². The number of ether oxygens (including phenoxy) is 1. The van der Waals surface area contributed by atoms with Gasteiger partial charge in [-0.3, -0.25) is 4.79 Å². The molecule has 0 atom stereocenters. The Morgan fingerprint density at radius 1 is 0.710 bits per heavy atom. The van der Waals surface area contributed by atoms with Gasteiger partial charge in [0.2, 0.25) is 0 Å². The van der Waals surface area contributed by atoms with Crippen LogP contribution >= 0.6 is 11.8 Å².